The molecule has 0 amide bonds. The molecular weight excluding hydrogens is 196 g/mol. The molecule has 0 radical (unpaired) electrons. The number of benzene rings is 1. The average molecular weight is 206 g/mol. The molecule has 0 saturated heterocycles. The second-order valence-electron chi connectivity index (χ2n) is 3.43. The van der Waals surface area contributed by atoms with Crippen molar-refractivity contribution in [1.82, 2.24) is 0 Å². The number of rotatable bonds is 1. The van der Waals surface area contributed by atoms with E-state index in [4.69, 9.17) is 5.11 Å². The van der Waals surface area contributed by atoms with E-state index >= 15 is 0 Å². The van der Waals surface area contributed by atoms with Gasteiger partial charge in [0.15, 0.2) is 0 Å². The van der Waals surface area contributed by atoms with Crippen LogP contribution in [0.1, 0.15) is 21.5 Å². The van der Waals surface area contributed by atoms with Gasteiger partial charge < -0.3 is 15.3 Å². The molecule has 15 heavy (non-hydrogen) atoms. The van der Waals surface area contributed by atoms with Gasteiger partial charge in [0.1, 0.15) is 17.1 Å². The number of carboxylic acids is 1. The quantitative estimate of drug-likeness (QED) is 0.480. The Balaban J connectivity index is 2.67. The molecule has 1 aliphatic carbocycles. The van der Waals surface area contributed by atoms with Gasteiger partial charge in [0.05, 0.1) is 0 Å². The smallest absolute Gasteiger partial charge is 0.339 e. The molecule has 4 heteroatoms. The van der Waals surface area contributed by atoms with Crippen LogP contribution in [0, 0.1) is 0 Å². The molecule has 1 aliphatic rings. The van der Waals surface area contributed by atoms with Gasteiger partial charge >= 0.3 is 5.97 Å². The lowest BCUT2D eigenvalue weighted by Crippen LogP contribution is -2.04. The Labute approximate surface area is 86.1 Å². The first-order valence-corrected chi connectivity index (χ1v) is 4.56. The van der Waals surface area contributed by atoms with Crippen molar-refractivity contribution in [3.8, 4) is 11.5 Å². The SMILES string of the molecule is O=C(O)c1cc(O)c2c(c1O)CC=CC2. The molecule has 2 rings (SSSR count). The van der Waals surface area contributed by atoms with Gasteiger partial charge in [-0.05, 0) is 18.9 Å². The van der Waals surface area contributed by atoms with Crippen molar-refractivity contribution in [2.45, 2.75) is 12.8 Å². The third-order valence-electron chi connectivity index (χ3n) is 2.54. The summed E-state index contributed by atoms with van der Waals surface area (Å²) in [4.78, 5) is 10.8. The lowest BCUT2D eigenvalue weighted by atomic mass is 9.92. The topological polar surface area (TPSA) is 77.8 Å². The van der Waals surface area contributed by atoms with Crippen LogP contribution in [0.3, 0.4) is 0 Å². The largest absolute Gasteiger partial charge is 0.508 e. The first-order chi connectivity index (χ1) is 7.11. The molecule has 0 aromatic heterocycles. The standard InChI is InChI=1S/C11H10O4/c12-9-5-8(11(14)15)10(13)7-4-2-1-3-6(7)9/h1-2,5,12-13H,3-4H2,(H,14,15). The van der Waals surface area contributed by atoms with E-state index in [1.807, 2.05) is 12.2 Å². The van der Waals surface area contributed by atoms with Crippen LogP contribution < -0.4 is 0 Å². The zero-order chi connectivity index (χ0) is 11.0. The minimum absolute atomic E-state index is 0.0652. The summed E-state index contributed by atoms with van der Waals surface area (Å²) in [7, 11) is 0. The summed E-state index contributed by atoms with van der Waals surface area (Å²) in [6, 6.07) is 1.09. The van der Waals surface area contributed by atoms with Crippen molar-refractivity contribution in [3.63, 3.8) is 0 Å². The van der Waals surface area contributed by atoms with Crippen molar-refractivity contribution in [1.29, 1.82) is 0 Å². The van der Waals surface area contributed by atoms with Gasteiger partial charge in [0, 0.05) is 11.1 Å². The third-order valence-corrected chi connectivity index (χ3v) is 2.54. The molecule has 0 atom stereocenters. The summed E-state index contributed by atoms with van der Waals surface area (Å²) in [5.74, 6) is -1.54. The summed E-state index contributed by atoms with van der Waals surface area (Å²) >= 11 is 0. The van der Waals surface area contributed by atoms with E-state index in [1.165, 1.54) is 0 Å². The average Bonchev–Trinajstić information content (AvgIpc) is 2.23. The number of phenols is 2. The zero-order valence-corrected chi connectivity index (χ0v) is 7.90. The van der Waals surface area contributed by atoms with Gasteiger partial charge in [-0.1, -0.05) is 12.2 Å². The minimum atomic E-state index is -1.24. The Morgan fingerprint density at radius 2 is 1.73 bits per heavy atom. The minimum Gasteiger partial charge on any atom is -0.508 e. The second-order valence-corrected chi connectivity index (χ2v) is 3.43. The van der Waals surface area contributed by atoms with Crippen LogP contribution in [0.25, 0.3) is 0 Å². The molecule has 1 aromatic rings. The highest BCUT2D eigenvalue weighted by Gasteiger charge is 2.21. The Kier molecular flexibility index (Phi) is 2.11. The monoisotopic (exact) mass is 206 g/mol. The van der Waals surface area contributed by atoms with Crippen LogP contribution >= 0.6 is 0 Å². The van der Waals surface area contributed by atoms with Crippen molar-refractivity contribution < 1.29 is 20.1 Å². The highest BCUT2D eigenvalue weighted by atomic mass is 16.4. The number of hydrogen-bond donors (Lipinski definition) is 3. The number of carbonyl (C=O) groups is 1. The number of carboxylic acid groups (broad SMARTS) is 1. The van der Waals surface area contributed by atoms with Crippen LogP contribution in [0.15, 0.2) is 18.2 Å². The lowest BCUT2D eigenvalue weighted by molar-refractivity contribution is 0.0693. The van der Waals surface area contributed by atoms with E-state index < -0.39 is 5.97 Å². The van der Waals surface area contributed by atoms with Gasteiger partial charge in [-0.2, -0.15) is 0 Å². The molecule has 0 aliphatic heterocycles. The Morgan fingerprint density at radius 3 is 2.33 bits per heavy atom. The fourth-order valence-corrected chi connectivity index (χ4v) is 1.77. The van der Waals surface area contributed by atoms with Crippen molar-refractivity contribution in [2.24, 2.45) is 0 Å². The highest BCUT2D eigenvalue weighted by molar-refractivity contribution is 5.92. The van der Waals surface area contributed by atoms with E-state index in [2.05, 4.69) is 0 Å². The van der Waals surface area contributed by atoms with Gasteiger partial charge in [-0.25, -0.2) is 4.79 Å². The summed E-state index contributed by atoms with van der Waals surface area (Å²) in [6.45, 7) is 0. The van der Waals surface area contributed by atoms with E-state index in [1.54, 1.807) is 0 Å². The molecule has 0 spiro atoms. The number of fused-ring (bicyclic) bond motifs is 1. The zero-order valence-electron chi connectivity index (χ0n) is 7.90. The first kappa shape index (κ1) is 9.58. The molecule has 0 bridgehead atoms. The molecule has 3 N–H and O–H groups in total. The summed E-state index contributed by atoms with van der Waals surface area (Å²) in [6.07, 6.45) is 4.69. The van der Waals surface area contributed by atoms with Gasteiger partial charge in [-0.3, -0.25) is 0 Å². The van der Waals surface area contributed by atoms with Crippen LogP contribution in [0.2, 0.25) is 0 Å². The fourth-order valence-electron chi connectivity index (χ4n) is 1.77. The molecule has 1 aromatic carbocycles. The Bertz CT molecular complexity index is 460. The van der Waals surface area contributed by atoms with Gasteiger partial charge in [0.25, 0.3) is 0 Å². The van der Waals surface area contributed by atoms with E-state index in [0.717, 1.165) is 6.07 Å². The lowest BCUT2D eigenvalue weighted by Gasteiger charge is -2.15. The second kappa shape index (κ2) is 3.31. The van der Waals surface area contributed by atoms with Crippen molar-refractivity contribution in [3.05, 3.63) is 34.9 Å². The maximum atomic E-state index is 10.8. The van der Waals surface area contributed by atoms with E-state index in [-0.39, 0.29) is 17.1 Å². The predicted molar refractivity (Wildman–Crippen MR) is 53.3 cm³/mol. The number of aromatic hydroxyl groups is 2. The van der Waals surface area contributed by atoms with E-state index in [9.17, 15) is 15.0 Å². The molecule has 78 valence electrons. The first-order valence-electron chi connectivity index (χ1n) is 4.56. The Hall–Kier alpha value is -1.97. The number of phenolic OH excluding ortho intramolecular Hbond substituents is 1. The normalized spacial score (nSPS) is 13.6. The Morgan fingerprint density at radius 1 is 1.13 bits per heavy atom. The fraction of sp³-hybridized carbons (Fsp3) is 0.182. The molecular formula is C11H10O4. The maximum absolute atomic E-state index is 10.8. The van der Waals surface area contributed by atoms with Gasteiger partial charge in [-0.15, -0.1) is 0 Å². The van der Waals surface area contributed by atoms with Crippen molar-refractivity contribution in [2.75, 3.05) is 0 Å². The molecule has 0 heterocycles. The van der Waals surface area contributed by atoms with Crippen molar-refractivity contribution >= 4 is 5.97 Å². The number of allylic oxidation sites excluding steroid dienone is 2. The number of aromatic carboxylic acids is 1. The van der Waals surface area contributed by atoms with Crippen LogP contribution in [0.4, 0.5) is 0 Å². The molecule has 0 fully saturated rings. The summed E-state index contributed by atoms with van der Waals surface area (Å²) < 4.78 is 0. The third kappa shape index (κ3) is 1.44. The van der Waals surface area contributed by atoms with Crippen LogP contribution in [-0.2, 0) is 12.8 Å². The van der Waals surface area contributed by atoms with Crippen LogP contribution in [-0.4, -0.2) is 21.3 Å². The maximum Gasteiger partial charge on any atom is 0.339 e. The summed E-state index contributed by atoms with van der Waals surface area (Å²) in [5, 5.41) is 28.1. The van der Waals surface area contributed by atoms with E-state index in [0.29, 0.717) is 24.0 Å². The van der Waals surface area contributed by atoms with Gasteiger partial charge in [0.2, 0.25) is 0 Å². The molecule has 0 saturated carbocycles. The molecule has 4 nitrogen and oxygen atoms in total. The highest BCUT2D eigenvalue weighted by Crippen LogP contribution is 2.35. The predicted octanol–water partition coefficient (Wildman–Crippen LogP) is 1.45. The molecule has 0 unspecified atom stereocenters. The summed E-state index contributed by atoms with van der Waals surface area (Å²) in [5.41, 5.74) is 0.872. The number of hydrogen-bond acceptors (Lipinski definition) is 3. The van der Waals surface area contributed by atoms with Crippen LogP contribution in [0.5, 0.6) is 11.5 Å².